The molecule has 2 aromatic rings. The number of benzene rings is 2. The number of para-hydroxylation sites is 1. The number of carbonyl (C=O) groups is 1. The lowest BCUT2D eigenvalue weighted by Gasteiger charge is -2.09. The number of rotatable bonds is 5. The summed E-state index contributed by atoms with van der Waals surface area (Å²) in [5, 5.41) is 4.13. The number of nitrogens with one attached hydrogen (secondary N) is 1. The van der Waals surface area contributed by atoms with E-state index in [9.17, 15) is 4.79 Å². The molecule has 1 N–H and O–H groups in total. The smallest absolute Gasteiger partial charge is 0.224 e. The summed E-state index contributed by atoms with van der Waals surface area (Å²) in [5.41, 5.74) is 1.77. The number of carbonyl (C=O) groups excluding carboxylic acids is 1. The molecule has 0 aliphatic heterocycles. The Morgan fingerprint density at radius 3 is 2.67 bits per heavy atom. The molecule has 0 aliphatic carbocycles. The van der Waals surface area contributed by atoms with Crippen molar-refractivity contribution in [3.8, 4) is 0 Å². The fourth-order valence-electron chi connectivity index (χ4n) is 1.93. The lowest BCUT2D eigenvalue weighted by atomic mass is 10.1. The largest absolute Gasteiger partial charge is 0.325 e. The summed E-state index contributed by atoms with van der Waals surface area (Å²) in [6.45, 7) is 0. The first kappa shape index (κ1) is 16.2. The van der Waals surface area contributed by atoms with Gasteiger partial charge < -0.3 is 5.32 Å². The van der Waals surface area contributed by atoms with Gasteiger partial charge in [-0.15, -0.1) is 11.8 Å². The van der Waals surface area contributed by atoms with Crippen LogP contribution in [0.5, 0.6) is 0 Å². The molecule has 0 aromatic heterocycles. The van der Waals surface area contributed by atoms with Crippen molar-refractivity contribution >= 4 is 46.6 Å². The van der Waals surface area contributed by atoms with Crippen LogP contribution >= 0.6 is 35.0 Å². The van der Waals surface area contributed by atoms with Gasteiger partial charge in [-0.25, -0.2) is 0 Å². The molecule has 0 saturated carbocycles. The zero-order chi connectivity index (χ0) is 15.2. The zero-order valence-electron chi connectivity index (χ0n) is 11.5. The van der Waals surface area contributed by atoms with Crippen LogP contribution in [0, 0.1) is 0 Å². The van der Waals surface area contributed by atoms with E-state index in [0.717, 1.165) is 16.1 Å². The third-order valence-corrected chi connectivity index (χ3v) is 4.40. The molecule has 0 atom stereocenters. The van der Waals surface area contributed by atoms with Gasteiger partial charge in [0.25, 0.3) is 0 Å². The van der Waals surface area contributed by atoms with Gasteiger partial charge >= 0.3 is 0 Å². The molecule has 0 spiro atoms. The predicted molar refractivity (Wildman–Crippen MR) is 91.6 cm³/mol. The molecule has 2 nitrogen and oxygen atoms in total. The first-order valence-electron chi connectivity index (χ1n) is 6.47. The van der Waals surface area contributed by atoms with Crippen LogP contribution in [0.1, 0.15) is 12.0 Å². The number of hydrogen-bond donors (Lipinski definition) is 1. The second-order valence-electron chi connectivity index (χ2n) is 4.48. The molecule has 0 fully saturated rings. The first-order chi connectivity index (χ1) is 10.1. The van der Waals surface area contributed by atoms with Crippen molar-refractivity contribution in [3.05, 3.63) is 58.1 Å². The van der Waals surface area contributed by atoms with Crippen molar-refractivity contribution in [1.82, 2.24) is 0 Å². The van der Waals surface area contributed by atoms with Crippen molar-refractivity contribution in [2.24, 2.45) is 0 Å². The Balaban J connectivity index is 1.96. The maximum absolute atomic E-state index is 12.0. The van der Waals surface area contributed by atoms with Crippen LogP contribution < -0.4 is 5.32 Å². The lowest BCUT2D eigenvalue weighted by molar-refractivity contribution is -0.116. The SMILES string of the molecule is CSc1ccccc1NC(=O)CCc1ccc(Cl)cc1Cl. The molecule has 21 heavy (non-hydrogen) atoms. The number of halogens is 2. The van der Waals surface area contributed by atoms with E-state index in [1.807, 2.05) is 36.6 Å². The zero-order valence-corrected chi connectivity index (χ0v) is 13.9. The summed E-state index contributed by atoms with van der Waals surface area (Å²) >= 11 is 13.6. The second kappa shape index (κ2) is 7.74. The number of aryl methyl sites for hydroxylation is 1. The van der Waals surface area contributed by atoms with Crippen LogP contribution in [0.4, 0.5) is 5.69 Å². The molecule has 0 aliphatic rings. The maximum Gasteiger partial charge on any atom is 0.224 e. The summed E-state index contributed by atoms with van der Waals surface area (Å²) in [5.74, 6) is -0.0254. The van der Waals surface area contributed by atoms with Crippen molar-refractivity contribution in [3.63, 3.8) is 0 Å². The second-order valence-corrected chi connectivity index (χ2v) is 6.18. The van der Waals surface area contributed by atoms with Gasteiger partial charge in [-0.2, -0.15) is 0 Å². The van der Waals surface area contributed by atoms with Crippen molar-refractivity contribution < 1.29 is 4.79 Å². The highest BCUT2D eigenvalue weighted by Gasteiger charge is 2.08. The summed E-state index contributed by atoms with van der Waals surface area (Å²) < 4.78 is 0. The standard InChI is InChI=1S/C16H15Cl2NOS/c1-21-15-5-3-2-4-14(15)19-16(20)9-7-11-6-8-12(17)10-13(11)18/h2-6,8,10H,7,9H2,1H3,(H,19,20). The van der Waals surface area contributed by atoms with Crippen LogP contribution in [0.15, 0.2) is 47.4 Å². The number of anilines is 1. The number of amides is 1. The highest BCUT2D eigenvalue weighted by atomic mass is 35.5. The Morgan fingerprint density at radius 2 is 1.95 bits per heavy atom. The minimum absolute atomic E-state index is 0.0254. The molecule has 2 aromatic carbocycles. The fourth-order valence-corrected chi connectivity index (χ4v) is 2.99. The topological polar surface area (TPSA) is 29.1 Å². The molecule has 5 heteroatoms. The van der Waals surface area contributed by atoms with Crippen LogP contribution in [0.25, 0.3) is 0 Å². The quantitative estimate of drug-likeness (QED) is 0.750. The average molecular weight is 340 g/mol. The van der Waals surface area contributed by atoms with E-state index in [1.54, 1.807) is 23.9 Å². The van der Waals surface area contributed by atoms with Gasteiger partial charge in [0, 0.05) is 21.4 Å². The summed E-state index contributed by atoms with van der Waals surface area (Å²) in [7, 11) is 0. The van der Waals surface area contributed by atoms with Crippen molar-refractivity contribution in [2.75, 3.05) is 11.6 Å². The van der Waals surface area contributed by atoms with Gasteiger partial charge in [0.05, 0.1) is 5.69 Å². The average Bonchev–Trinajstić information content (AvgIpc) is 2.47. The maximum atomic E-state index is 12.0. The van der Waals surface area contributed by atoms with Gasteiger partial charge in [0.1, 0.15) is 0 Å². The Morgan fingerprint density at radius 1 is 1.19 bits per heavy atom. The van der Waals surface area contributed by atoms with Gasteiger partial charge in [0.2, 0.25) is 5.91 Å². The van der Waals surface area contributed by atoms with Gasteiger partial charge in [0.15, 0.2) is 0 Å². The molecule has 0 saturated heterocycles. The molecular weight excluding hydrogens is 325 g/mol. The van der Waals surface area contributed by atoms with Crippen LogP contribution in [0.3, 0.4) is 0 Å². The van der Waals surface area contributed by atoms with E-state index in [1.165, 1.54) is 0 Å². The van der Waals surface area contributed by atoms with E-state index in [2.05, 4.69) is 5.32 Å². The number of hydrogen-bond acceptors (Lipinski definition) is 2. The monoisotopic (exact) mass is 339 g/mol. The number of thioether (sulfide) groups is 1. The third kappa shape index (κ3) is 4.67. The molecule has 0 heterocycles. The van der Waals surface area contributed by atoms with E-state index in [-0.39, 0.29) is 5.91 Å². The normalized spacial score (nSPS) is 10.4. The van der Waals surface area contributed by atoms with Crippen LogP contribution in [0.2, 0.25) is 10.0 Å². The fraction of sp³-hybridized carbons (Fsp3) is 0.188. The first-order valence-corrected chi connectivity index (χ1v) is 8.45. The van der Waals surface area contributed by atoms with Crippen LogP contribution in [-0.4, -0.2) is 12.2 Å². The van der Waals surface area contributed by atoms with Crippen LogP contribution in [-0.2, 0) is 11.2 Å². The van der Waals surface area contributed by atoms with E-state index in [0.29, 0.717) is 22.9 Å². The summed E-state index contributed by atoms with van der Waals surface area (Å²) in [6, 6.07) is 13.1. The van der Waals surface area contributed by atoms with Gasteiger partial charge in [-0.1, -0.05) is 41.4 Å². The minimum atomic E-state index is -0.0254. The summed E-state index contributed by atoms with van der Waals surface area (Å²) in [4.78, 5) is 13.1. The third-order valence-electron chi connectivity index (χ3n) is 3.02. The highest BCUT2D eigenvalue weighted by Crippen LogP contribution is 2.25. The molecule has 2 rings (SSSR count). The predicted octanol–water partition coefficient (Wildman–Crippen LogP) is 5.29. The molecule has 0 bridgehead atoms. The van der Waals surface area contributed by atoms with Gasteiger partial charge in [-0.3, -0.25) is 4.79 Å². The Kier molecular flexibility index (Phi) is 5.97. The minimum Gasteiger partial charge on any atom is -0.325 e. The van der Waals surface area contributed by atoms with E-state index >= 15 is 0 Å². The van der Waals surface area contributed by atoms with Crippen molar-refractivity contribution in [1.29, 1.82) is 0 Å². The molecule has 0 unspecified atom stereocenters. The van der Waals surface area contributed by atoms with Gasteiger partial charge in [-0.05, 0) is 42.5 Å². The van der Waals surface area contributed by atoms with E-state index < -0.39 is 0 Å². The summed E-state index contributed by atoms with van der Waals surface area (Å²) in [6.07, 6.45) is 2.95. The Hall–Kier alpha value is -1.16. The lowest BCUT2D eigenvalue weighted by Crippen LogP contribution is -2.13. The molecule has 0 radical (unpaired) electrons. The highest BCUT2D eigenvalue weighted by molar-refractivity contribution is 7.98. The molecule has 110 valence electrons. The van der Waals surface area contributed by atoms with Crippen molar-refractivity contribution in [2.45, 2.75) is 17.7 Å². The van der Waals surface area contributed by atoms with E-state index in [4.69, 9.17) is 23.2 Å². The molecule has 1 amide bonds. The Bertz CT molecular complexity index is 646. The molecular formula is C16H15Cl2NOS. The Labute approximate surface area is 138 Å².